The van der Waals surface area contributed by atoms with Crippen LogP contribution in [0.25, 0.3) is 0 Å². The van der Waals surface area contributed by atoms with Gasteiger partial charge in [0, 0.05) is 0 Å². The normalized spacial score (nSPS) is 12.7. The first-order chi connectivity index (χ1) is 5.07. The van der Waals surface area contributed by atoms with E-state index in [9.17, 15) is 14.2 Å². The quantitative estimate of drug-likeness (QED) is 0.501. The molecule has 62 valence electrons. The molecule has 3 N–H and O–H groups in total. The van der Waals surface area contributed by atoms with Crippen molar-refractivity contribution >= 4 is 20.5 Å². The van der Waals surface area contributed by atoms with Crippen molar-refractivity contribution in [1.29, 1.82) is 0 Å². The first-order valence-corrected chi connectivity index (χ1v) is 3.41. The predicted octanol–water partition coefficient (Wildman–Crippen LogP) is -0.289. The fourth-order valence-electron chi connectivity index (χ4n) is 0.426. The van der Waals surface area contributed by atoms with Gasteiger partial charge in [0.05, 0.1) is 6.42 Å². The highest BCUT2D eigenvalue weighted by Gasteiger charge is 2.19. The number of aliphatic carboxylic acids is 2. The Kier molecular flexibility index (Phi) is 4.33. The third-order valence-electron chi connectivity index (χ3n) is 0.885. The topological polar surface area (TPSA) is 104 Å². The molecule has 0 aromatic carbocycles. The minimum Gasteiger partial charge on any atom is -0.481 e. The molecule has 0 spiro atoms. The molecule has 7 heteroatoms. The molecule has 0 bridgehead atoms. The molecule has 6 nitrogen and oxygen atoms in total. The lowest BCUT2D eigenvalue weighted by molar-refractivity contribution is -0.145. The molecule has 0 aliphatic heterocycles. The van der Waals surface area contributed by atoms with Crippen LogP contribution in [-0.2, 0) is 14.2 Å². The van der Waals surface area contributed by atoms with Gasteiger partial charge in [-0.25, -0.2) is 5.09 Å². The molecule has 0 saturated carbocycles. The van der Waals surface area contributed by atoms with Crippen LogP contribution in [0.15, 0.2) is 0 Å². The van der Waals surface area contributed by atoms with E-state index in [1.165, 1.54) is 0 Å². The summed E-state index contributed by atoms with van der Waals surface area (Å²) < 4.78 is 9.83. The van der Waals surface area contributed by atoms with Gasteiger partial charge < -0.3 is 10.2 Å². The Morgan fingerprint density at radius 1 is 1.45 bits per heavy atom. The minimum absolute atomic E-state index is 0.589. The van der Waals surface area contributed by atoms with E-state index >= 15 is 0 Å². The van der Waals surface area contributed by atoms with E-state index in [0.29, 0.717) is 0 Å². The maximum absolute atomic E-state index is 10.2. The molecule has 11 heavy (non-hydrogen) atoms. The van der Waals surface area contributed by atoms with E-state index in [-0.39, 0.29) is 0 Å². The number of hydrogen-bond donors (Lipinski definition) is 3. The molecule has 0 fully saturated rings. The summed E-state index contributed by atoms with van der Waals surface area (Å²) in [6, 6.07) is -1.30. The summed E-state index contributed by atoms with van der Waals surface area (Å²) in [5.74, 6) is -2.59. The van der Waals surface area contributed by atoms with Crippen LogP contribution in [0.1, 0.15) is 6.42 Å². The van der Waals surface area contributed by atoms with Crippen molar-refractivity contribution < 1.29 is 24.4 Å². The van der Waals surface area contributed by atoms with Crippen molar-refractivity contribution in [1.82, 2.24) is 5.09 Å². The average molecular weight is 179 g/mol. The number of rotatable bonds is 5. The van der Waals surface area contributed by atoms with Gasteiger partial charge in [0.1, 0.15) is 6.04 Å². The highest BCUT2D eigenvalue weighted by atomic mass is 31.1. The Hall–Kier alpha value is -1.00. The van der Waals surface area contributed by atoms with Gasteiger partial charge in [0.25, 0.3) is 0 Å². The van der Waals surface area contributed by atoms with Crippen LogP contribution in [0, 0.1) is 0 Å². The molecule has 0 aliphatic carbocycles. The van der Waals surface area contributed by atoms with E-state index in [1.54, 1.807) is 0 Å². The monoisotopic (exact) mass is 179 g/mol. The zero-order valence-electron chi connectivity index (χ0n) is 5.35. The van der Waals surface area contributed by atoms with E-state index in [1.807, 2.05) is 5.09 Å². The minimum atomic E-state index is -1.34. The molecule has 0 unspecified atom stereocenters. The zero-order chi connectivity index (χ0) is 8.85. The average Bonchev–Trinajstić information content (AvgIpc) is 1.86. The van der Waals surface area contributed by atoms with Gasteiger partial charge >= 0.3 is 11.9 Å². The van der Waals surface area contributed by atoms with E-state index < -0.39 is 33.0 Å². The fourth-order valence-corrected chi connectivity index (χ4v) is 0.755. The Balaban J connectivity index is 3.99. The van der Waals surface area contributed by atoms with E-state index in [0.717, 1.165) is 0 Å². The Morgan fingerprint density at radius 2 is 2.00 bits per heavy atom. The lowest BCUT2D eigenvalue weighted by atomic mass is 10.2. The Bertz CT molecular complexity index is 181. The van der Waals surface area contributed by atoms with Gasteiger partial charge in [0.2, 0.25) is 8.61 Å². The Morgan fingerprint density at radius 3 is 2.27 bits per heavy atom. The Labute approximate surface area is 63.5 Å². The van der Waals surface area contributed by atoms with Crippen LogP contribution in [0.2, 0.25) is 0 Å². The predicted molar refractivity (Wildman–Crippen MR) is 34.4 cm³/mol. The van der Waals surface area contributed by atoms with Gasteiger partial charge in [-0.1, -0.05) is 0 Å². The lowest BCUT2D eigenvalue weighted by Crippen LogP contribution is -2.32. The maximum Gasteiger partial charge on any atom is 0.322 e. The van der Waals surface area contributed by atoms with E-state index in [2.05, 4.69) is 0 Å². The molecule has 0 aromatic rings. The highest BCUT2D eigenvalue weighted by molar-refractivity contribution is 7.21. The summed E-state index contributed by atoms with van der Waals surface area (Å²) in [4.78, 5) is 20.1. The van der Waals surface area contributed by atoms with Crippen molar-refractivity contribution in [2.75, 3.05) is 0 Å². The second-order valence-electron chi connectivity index (χ2n) is 1.71. The summed E-state index contributed by atoms with van der Waals surface area (Å²) in [5, 5.41) is 18.4. The third kappa shape index (κ3) is 4.41. The van der Waals surface area contributed by atoms with Crippen LogP contribution in [0.5, 0.6) is 0 Å². The first-order valence-electron chi connectivity index (χ1n) is 2.60. The molecular formula is C4H6NO5P. The summed E-state index contributed by atoms with van der Waals surface area (Å²) in [6.07, 6.45) is -0.593. The van der Waals surface area contributed by atoms with Crippen molar-refractivity contribution in [3.8, 4) is 0 Å². The summed E-state index contributed by atoms with van der Waals surface area (Å²) in [5.41, 5.74) is 0. The fraction of sp³-hybridized carbons (Fsp3) is 0.500. The summed E-state index contributed by atoms with van der Waals surface area (Å²) >= 11 is 0. The van der Waals surface area contributed by atoms with Gasteiger partial charge in [-0.05, 0) is 0 Å². The molecule has 0 aliphatic rings. The van der Waals surface area contributed by atoms with Gasteiger partial charge in [-0.3, -0.25) is 14.2 Å². The second-order valence-corrected chi connectivity index (χ2v) is 2.15. The smallest absolute Gasteiger partial charge is 0.322 e. The highest BCUT2D eigenvalue weighted by Crippen LogP contribution is 1.96. The molecular weight excluding hydrogens is 173 g/mol. The summed E-state index contributed by atoms with van der Waals surface area (Å²) in [6.45, 7) is 0. The van der Waals surface area contributed by atoms with Gasteiger partial charge in [0.15, 0.2) is 0 Å². The van der Waals surface area contributed by atoms with Crippen LogP contribution in [0.4, 0.5) is 0 Å². The largest absolute Gasteiger partial charge is 0.481 e. The SMILES string of the molecule is O=PN[C@@H](CC(=O)O)C(=O)O. The van der Waals surface area contributed by atoms with Crippen LogP contribution >= 0.6 is 8.61 Å². The van der Waals surface area contributed by atoms with Gasteiger partial charge in [-0.2, -0.15) is 0 Å². The standard InChI is InChI=1S/C4H6NO5P/c6-3(7)1-2(4(8)9)5-11-10/h2H,1H2,(H,5,10)(H,6,7)(H,8,9)/t2-/m0/s1. The molecule has 0 amide bonds. The molecule has 0 saturated heterocycles. The van der Waals surface area contributed by atoms with Crippen molar-refractivity contribution in [2.24, 2.45) is 0 Å². The zero-order valence-corrected chi connectivity index (χ0v) is 6.25. The molecule has 0 rings (SSSR count). The maximum atomic E-state index is 10.2. The number of carboxylic acid groups (broad SMARTS) is 2. The molecule has 0 heterocycles. The van der Waals surface area contributed by atoms with Crippen molar-refractivity contribution in [3.63, 3.8) is 0 Å². The van der Waals surface area contributed by atoms with E-state index in [4.69, 9.17) is 10.2 Å². The third-order valence-corrected chi connectivity index (χ3v) is 1.30. The van der Waals surface area contributed by atoms with Crippen LogP contribution in [-0.4, -0.2) is 28.2 Å². The number of nitrogens with one attached hydrogen (secondary N) is 1. The number of carboxylic acids is 2. The molecule has 0 aromatic heterocycles. The molecule has 0 radical (unpaired) electrons. The number of carbonyl (C=O) groups is 2. The number of hydrogen-bond acceptors (Lipinski definition) is 3. The van der Waals surface area contributed by atoms with Crippen molar-refractivity contribution in [2.45, 2.75) is 12.5 Å². The first kappa shape index (κ1) is 10.0. The van der Waals surface area contributed by atoms with Crippen molar-refractivity contribution in [3.05, 3.63) is 0 Å². The van der Waals surface area contributed by atoms with Gasteiger partial charge in [-0.15, -0.1) is 0 Å². The van der Waals surface area contributed by atoms with Crippen LogP contribution < -0.4 is 5.09 Å². The molecule has 1 atom stereocenters. The summed E-state index contributed by atoms with van der Waals surface area (Å²) in [7, 11) is -0.589. The second kappa shape index (κ2) is 4.76. The van der Waals surface area contributed by atoms with Crippen LogP contribution in [0.3, 0.4) is 0 Å². The lowest BCUT2D eigenvalue weighted by Gasteiger charge is -2.04.